The second kappa shape index (κ2) is 5.64. The standard InChI is InChI=1S/C12H17N5O2/c1-3-9-6-11(16(2)14-9)8-17-7-10(13-15-17)4-5-12(18)19/h6-7H,3-5,8H2,1-2H3,(H,18,19). The highest BCUT2D eigenvalue weighted by Crippen LogP contribution is 2.06. The summed E-state index contributed by atoms with van der Waals surface area (Å²) < 4.78 is 3.53. The van der Waals surface area contributed by atoms with Gasteiger partial charge in [-0.1, -0.05) is 12.1 Å². The fourth-order valence-corrected chi connectivity index (χ4v) is 1.82. The lowest BCUT2D eigenvalue weighted by molar-refractivity contribution is -0.136. The largest absolute Gasteiger partial charge is 0.481 e. The Balaban J connectivity index is 2.02. The van der Waals surface area contributed by atoms with Gasteiger partial charge in [0, 0.05) is 19.7 Å². The maximum Gasteiger partial charge on any atom is 0.303 e. The number of aromatic nitrogens is 5. The van der Waals surface area contributed by atoms with Crippen LogP contribution in [0.2, 0.25) is 0 Å². The topological polar surface area (TPSA) is 85.8 Å². The van der Waals surface area contributed by atoms with Gasteiger partial charge in [-0.15, -0.1) is 5.10 Å². The molecule has 19 heavy (non-hydrogen) atoms. The van der Waals surface area contributed by atoms with Crippen LogP contribution in [0.1, 0.15) is 30.4 Å². The van der Waals surface area contributed by atoms with E-state index in [1.54, 1.807) is 10.9 Å². The van der Waals surface area contributed by atoms with Crippen molar-refractivity contribution in [2.24, 2.45) is 7.05 Å². The molecular formula is C12H17N5O2. The first-order chi connectivity index (χ1) is 9.08. The van der Waals surface area contributed by atoms with Gasteiger partial charge in [-0.3, -0.25) is 9.48 Å². The Labute approximate surface area is 110 Å². The van der Waals surface area contributed by atoms with Crippen LogP contribution in [-0.4, -0.2) is 35.9 Å². The minimum atomic E-state index is -0.825. The average Bonchev–Trinajstić information content (AvgIpc) is 2.95. The number of nitrogens with zero attached hydrogens (tertiary/aromatic N) is 5. The SMILES string of the molecule is CCc1cc(Cn2cc(CCC(=O)O)nn2)n(C)n1. The molecule has 1 N–H and O–H groups in total. The fourth-order valence-electron chi connectivity index (χ4n) is 1.82. The van der Waals surface area contributed by atoms with Crippen molar-refractivity contribution < 1.29 is 9.90 Å². The van der Waals surface area contributed by atoms with E-state index in [9.17, 15) is 4.79 Å². The van der Waals surface area contributed by atoms with E-state index in [0.29, 0.717) is 18.7 Å². The van der Waals surface area contributed by atoms with E-state index in [-0.39, 0.29) is 6.42 Å². The molecule has 2 heterocycles. The van der Waals surface area contributed by atoms with Crippen LogP contribution < -0.4 is 0 Å². The maximum atomic E-state index is 10.5. The molecule has 0 aromatic carbocycles. The van der Waals surface area contributed by atoms with Gasteiger partial charge < -0.3 is 5.11 Å². The summed E-state index contributed by atoms with van der Waals surface area (Å²) >= 11 is 0. The van der Waals surface area contributed by atoms with Gasteiger partial charge in [-0.05, 0) is 12.5 Å². The highest BCUT2D eigenvalue weighted by Gasteiger charge is 2.07. The molecule has 0 aliphatic carbocycles. The predicted octanol–water partition coefficient (Wildman–Crippen LogP) is 0.639. The van der Waals surface area contributed by atoms with Crippen LogP contribution in [0.3, 0.4) is 0 Å². The number of rotatable bonds is 6. The predicted molar refractivity (Wildman–Crippen MR) is 67.7 cm³/mol. The zero-order valence-electron chi connectivity index (χ0n) is 11.1. The Kier molecular flexibility index (Phi) is 3.94. The molecule has 2 aromatic heterocycles. The van der Waals surface area contributed by atoms with Crippen molar-refractivity contribution in [3.05, 3.63) is 29.3 Å². The molecule has 0 unspecified atom stereocenters. The van der Waals surface area contributed by atoms with Gasteiger partial charge in [0.2, 0.25) is 0 Å². The van der Waals surface area contributed by atoms with Crippen molar-refractivity contribution in [1.82, 2.24) is 24.8 Å². The molecule has 0 aliphatic rings. The fraction of sp³-hybridized carbons (Fsp3) is 0.500. The second-order valence-electron chi connectivity index (χ2n) is 4.41. The van der Waals surface area contributed by atoms with E-state index in [1.807, 2.05) is 17.8 Å². The van der Waals surface area contributed by atoms with Crippen LogP contribution in [0, 0.1) is 0 Å². The van der Waals surface area contributed by atoms with Gasteiger partial charge in [-0.25, -0.2) is 4.68 Å². The molecule has 0 amide bonds. The van der Waals surface area contributed by atoms with Crippen LogP contribution >= 0.6 is 0 Å². The summed E-state index contributed by atoms with van der Waals surface area (Å²) in [5, 5.41) is 20.9. The minimum Gasteiger partial charge on any atom is -0.481 e. The average molecular weight is 263 g/mol. The molecule has 0 aliphatic heterocycles. The number of aliphatic carboxylic acids is 1. The summed E-state index contributed by atoms with van der Waals surface area (Å²) in [6.07, 6.45) is 3.15. The number of hydrogen-bond donors (Lipinski definition) is 1. The first kappa shape index (κ1) is 13.3. The quantitative estimate of drug-likeness (QED) is 0.826. The molecule has 0 fully saturated rings. The van der Waals surface area contributed by atoms with Gasteiger partial charge in [-0.2, -0.15) is 5.10 Å². The summed E-state index contributed by atoms with van der Waals surface area (Å²) in [7, 11) is 1.90. The van der Waals surface area contributed by atoms with Gasteiger partial charge >= 0.3 is 5.97 Å². The molecule has 0 atom stereocenters. The Bertz CT molecular complexity index is 572. The number of aryl methyl sites for hydroxylation is 3. The Morgan fingerprint density at radius 3 is 2.84 bits per heavy atom. The molecular weight excluding hydrogens is 246 g/mol. The van der Waals surface area contributed by atoms with E-state index < -0.39 is 5.97 Å². The van der Waals surface area contributed by atoms with E-state index in [0.717, 1.165) is 17.8 Å². The lowest BCUT2D eigenvalue weighted by Gasteiger charge is -2.00. The molecule has 2 rings (SSSR count). The first-order valence-corrected chi connectivity index (χ1v) is 6.21. The number of carboxylic acids is 1. The van der Waals surface area contributed by atoms with Crippen LogP contribution in [0.5, 0.6) is 0 Å². The minimum absolute atomic E-state index is 0.0738. The van der Waals surface area contributed by atoms with Crippen molar-refractivity contribution in [3.63, 3.8) is 0 Å². The van der Waals surface area contributed by atoms with Crippen molar-refractivity contribution in [2.45, 2.75) is 32.7 Å². The van der Waals surface area contributed by atoms with Crippen LogP contribution in [0.15, 0.2) is 12.3 Å². The van der Waals surface area contributed by atoms with Crippen LogP contribution in [-0.2, 0) is 31.2 Å². The van der Waals surface area contributed by atoms with Crippen LogP contribution in [0.4, 0.5) is 0 Å². The highest BCUT2D eigenvalue weighted by atomic mass is 16.4. The third-order valence-corrected chi connectivity index (χ3v) is 2.89. The summed E-state index contributed by atoms with van der Waals surface area (Å²) in [6.45, 7) is 2.65. The third-order valence-electron chi connectivity index (χ3n) is 2.89. The molecule has 102 valence electrons. The van der Waals surface area contributed by atoms with Crippen LogP contribution in [0.25, 0.3) is 0 Å². The lowest BCUT2D eigenvalue weighted by atomic mass is 10.2. The molecule has 0 radical (unpaired) electrons. The first-order valence-electron chi connectivity index (χ1n) is 6.21. The number of hydrogen-bond acceptors (Lipinski definition) is 4. The third kappa shape index (κ3) is 3.40. The maximum absolute atomic E-state index is 10.5. The summed E-state index contributed by atoms with van der Waals surface area (Å²) in [5.74, 6) is -0.825. The van der Waals surface area contributed by atoms with Crippen molar-refractivity contribution in [2.75, 3.05) is 0 Å². The van der Waals surface area contributed by atoms with Crippen molar-refractivity contribution in [1.29, 1.82) is 0 Å². The van der Waals surface area contributed by atoms with Gasteiger partial charge in [0.25, 0.3) is 0 Å². The van der Waals surface area contributed by atoms with E-state index >= 15 is 0 Å². The molecule has 7 heteroatoms. The van der Waals surface area contributed by atoms with Gasteiger partial charge in [0.1, 0.15) is 0 Å². The van der Waals surface area contributed by atoms with E-state index in [1.165, 1.54) is 0 Å². The summed E-state index contributed by atoms with van der Waals surface area (Å²) in [5.41, 5.74) is 2.79. The zero-order chi connectivity index (χ0) is 13.8. The Hall–Kier alpha value is -2.18. The van der Waals surface area contributed by atoms with Crippen molar-refractivity contribution in [3.8, 4) is 0 Å². The summed E-state index contributed by atoms with van der Waals surface area (Å²) in [6, 6.07) is 2.04. The molecule has 0 spiro atoms. The highest BCUT2D eigenvalue weighted by molar-refractivity contribution is 5.66. The molecule has 7 nitrogen and oxygen atoms in total. The van der Waals surface area contributed by atoms with E-state index in [4.69, 9.17) is 5.11 Å². The number of carbonyl (C=O) groups is 1. The Morgan fingerprint density at radius 2 is 2.21 bits per heavy atom. The monoisotopic (exact) mass is 263 g/mol. The smallest absolute Gasteiger partial charge is 0.303 e. The molecule has 0 bridgehead atoms. The lowest BCUT2D eigenvalue weighted by Crippen LogP contribution is -2.06. The molecule has 0 saturated heterocycles. The zero-order valence-corrected chi connectivity index (χ0v) is 11.1. The van der Waals surface area contributed by atoms with Gasteiger partial charge in [0.05, 0.1) is 30.0 Å². The van der Waals surface area contributed by atoms with Gasteiger partial charge in [0.15, 0.2) is 0 Å². The van der Waals surface area contributed by atoms with Crippen molar-refractivity contribution >= 4 is 5.97 Å². The molecule has 0 saturated carbocycles. The second-order valence-corrected chi connectivity index (χ2v) is 4.41. The molecule has 2 aromatic rings. The van der Waals surface area contributed by atoms with E-state index in [2.05, 4.69) is 22.3 Å². The Morgan fingerprint density at radius 1 is 1.42 bits per heavy atom. The normalized spacial score (nSPS) is 10.8. The number of carboxylic acid groups (broad SMARTS) is 1. The summed E-state index contributed by atoms with van der Waals surface area (Å²) in [4.78, 5) is 10.5.